The van der Waals surface area contributed by atoms with E-state index in [2.05, 4.69) is 43.5 Å². The van der Waals surface area contributed by atoms with Gasteiger partial charge in [0.2, 0.25) is 5.91 Å². The minimum atomic E-state index is 0.0527. The highest BCUT2D eigenvalue weighted by atomic mass is 16.1. The van der Waals surface area contributed by atoms with Crippen molar-refractivity contribution in [3.8, 4) is 0 Å². The quantitative estimate of drug-likeness (QED) is 0.854. The lowest BCUT2D eigenvalue weighted by atomic mass is 9.87. The summed E-state index contributed by atoms with van der Waals surface area (Å²) in [5.74, 6) is 0.0527. The van der Waals surface area contributed by atoms with Crippen molar-refractivity contribution in [2.75, 3.05) is 11.9 Å². The van der Waals surface area contributed by atoms with Gasteiger partial charge in [-0.2, -0.15) is 0 Å². The van der Waals surface area contributed by atoms with E-state index in [0.29, 0.717) is 6.42 Å². The fourth-order valence-electron chi connectivity index (χ4n) is 1.96. The average Bonchev–Trinajstić information content (AvgIpc) is 2.28. The first-order valence-electron chi connectivity index (χ1n) is 6.96. The Labute approximate surface area is 116 Å². The van der Waals surface area contributed by atoms with Crippen LogP contribution in [0.3, 0.4) is 0 Å². The third-order valence-electron chi connectivity index (χ3n) is 3.08. The smallest absolute Gasteiger partial charge is 0.225 e. The van der Waals surface area contributed by atoms with Gasteiger partial charge in [-0.3, -0.25) is 4.79 Å². The monoisotopic (exact) mass is 262 g/mol. The zero-order chi connectivity index (χ0) is 14.5. The second-order valence-electron chi connectivity index (χ2n) is 6.04. The molecule has 106 valence electrons. The van der Waals surface area contributed by atoms with Crippen LogP contribution in [0.15, 0.2) is 24.3 Å². The third kappa shape index (κ3) is 5.43. The summed E-state index contributed by atoms with van der Waals surface area (Å²) < 4.78 is 0. The van der Waals surface area contributed by atoms with Crippen LogP contribution in [0, 0.1) is 0 Å². The van der Waals surface area contributed by atoms with Gasteiger partial charge in [-0.25, -0.2) is 0 Å². The van der Waals surface area contributed by atoms with Gasteiger partial charge in [-0.1, -0.05) is 39.8 Å². The Kier molecular flexibility index (Phi) is 5.55. The molecule has 2 N–H and O–H groups in total. The minimum absolute atomic E-state index is 0.0527. The van der Waals surface area contributed by atoms with Gasteiger partial charge < -0.3 is 10.6 Å². The predicted octanol–water partition coefficient (Wildman–Crippen LogP) is 3.31. The van der Waals surface area contributed by atoms with Crippen molar-refractivity contribution < 1.29 is 4.79 Å². The van der Waals surface area contributed by atoms with E-state index < -0.39 is 0 Å². The van der Waals surface area contributed by atoms with Gasteiger partial charge in [0.15, 0.2) is 0 Å². The number of amides is 1. The van der Waals surface area contributed by atoms with Crippen molar-refractivity contribution in [3.05, 3.63) is 29.8 Å². The number of hydrogen-bond donors (Lipinski definition) is 2. The first-order chi connectivity index (χ1) is 8.82. The van der Waals surface area contributed by atoms with Crippen LogP contribution in [0.25, 0.3) is 0 Å². The maximum Gasteiger partial charge on any atom is 0.225 e. The van der Waals surface area contributed by atoms with Crippen LogP contribution in [-0.4, -0.2) is 18.5 Å². The molecule has 0 aliphatic rings. The van der Waals surface area contributed by atoms with Crippen molar-refractivity contribution in [2.24, 2.45) is 0 Å². The van der Waals surface area contributed by atoms with E-state index in [4.69, 9.17) is 0 Å². The van der Waals surface area contributed by atoms with Gasteiger partial charge in [-0.15, -0.1) is 0 Å². The van der Waals surface area contributed by atoms with E-state index in [1.165, 1.54) is 5.56 Å². The van der Waals surface area contributed by atoms with Gasteiger partial charge in [-0.05, 0) is 36.6 Å². The van der Waals surface area contributed by atoms with E-state index in [9.17, 15) is 4.79 Å². The third-order valence-corrected chi connectivity index (χ3v) is 3.08. The lowest BCUT2D eigenvalue weighted by Crippen LogP contribution is -2.30. The van der Waals surface area contributed by atoms with E-state index >= 15 is 0 Å². The van der Waals surface area contributed by atoms with E-state index in [1.54, 1.807) is 0 Å². The number of nitrogens with one attached hydrogen (secondary N) is 2. The molecule has 0 fully saturated rings. The Balaban J connectivity index is 2.56. The molecule has 1 aromatic rings. The van der Waals surface area contributed by atoms with Crippen molar-refractivity contribution in [3.63, 3.8) is 0 Å². The topological polar surface area (TPSA) is 41.1 Å². The molecule has 0 saturated heterocycles. The molecule has 1 rings (SSSR count). The summed E-state index contributed by atoms with van der Waals surface area (Å²) in [4.78, 5) is 11.8. The highest BCUT2D eigenvalue weighted by molar-refractivity contribution is 5.91. The van der Waals surface area contributed by atoms with Crippen LogP contribution in [0.2, 0.25) is 0 Å². The van der Waals surface area contributed by atoms with Crippen LogP contribution in [0.1, 0.15) is 46.6 Å². The van der Waals surface area contributed by atoms with Crippen LogP contribution in [0.5, 0.6) is 0 Å². The summed E-state index contributed by atoms with van der Waals surface area (Å²) in [6.45, 7) is 11.5. The standard InChI is InChI=1S/C16H26N2O/c1-6-17-12(2)11-15(19)18-14-9-7-13(8-10-14)16(3,4)5/h7-10,12,17H,6,11H2,1-5H3,(H,18,19). The molecule has 0 heterocycles. The molecule has 0 saturated carbocycles. The number of carbonyl (C=O) groups excluding carboxylic acids is 1. The number of rotatable bonds is 5. The first-order valence-corrected chi connectivity index (χ1v) is 6.96. The lowest BCUT2D eigenvalue weighted by Gasteiger charge is -2.19. The molecule has 0 radical (unpaired) electrons. The molecule has 3 heteroatoms. The summed E-state index contributed by atoms with van der Waals surface area (Å²) in [5, 5.41) is 6.16. The van der Waals surface area contributed by atoms with Crippen LogP contribution < -0.4 is 10.6 Å². The Morgan fingerprint density at radius 2 is 1.79 bits per heavy atom. The molecular formula is C16H26N2O. The fourth-order valence-corrected chi connectivity index (χ4v) is 1.96. The highest BCUT2D eigenvalue weighted by Gasteiger charge is 2.13. The fraction of sp³-hybridized carbons (Fsp3) is 0.562. The number of anilines is 1. The number of carbonyl (C=O) groups is 1. The Morgan fingerprint density at radius 3 is 2.26 bits per heavy atom. The second-order valence-corrected chi connectivity index (χ2v) is 6.04. The van der Waals surface area contributed by atoms with Crippen LogP contribution >= 0.6 is 0 Å². The highest BCUT2D eigenvalue weighted by Crippen LogP contribution is 2.23. The minimum Gasteiger partial charge on any atom is -0.326 e. The summed E-state index contributed by atoms with van der Waals surface area (Å²) in [5.41, 5.74) is 2.27. The van der Waals surface area contributed by atoms with Crippen molar-refractivity contribution in [1.29, 1.82) is 0 Å². The summed E-state index contributed by atoms with van der Waals surface area (Å²) in [6, 6.07) is 8.29. The molecule has 1 amide bonds. The lowest BCUT2D eigenvalue weighted by molar-refractivity contribution is -0.116. The van der Waals surface area contributed by atoms with E-state index in [1.807, 2.05) is 26.0 Å². The Morgan fingerprint density at radius 1 is 1.21 bits per heavy atom. The first kappa shape index (κ1) is 15.7. The maximum atomic E-state index is 11.8. The number of hydrogen-bond acceptors (Lipinski definition) is 2. The zero-order valence-corrected chi connectivity index (χ0v) is 12.7. The molecule has 1 unspecified atom stereocenters. The summed E-state index contributed by atoms with van der Waals surface area (Å²) in [6.07, 6.45) is 0.495. The van der Waals surface area contributed by atoms with Crippen molar-refractivity contribution in [1.82, 2.24) is 5.32 Å². The maximum absolute atomic E-state index is 11.8. The molecule has 0 spiro atoms. The Hall–Kier alpha value is -1.35. The van der Waals surface area contributed by atoms with Crippen molar-refractivity contribution >= 4 is 11.6 Å². The molecule has 0 aliphatic heterocycles. The molecular weight excluding hydrogens is 236 g/mol. The molecule has 3 nitrogen and oxygen atoms in total. The van der Waals surface area contributed by atoms with Gasteiger partial charge in [0.05, 0.1) is 0 Å². The van der Waals surface area contributed by atoms with Gasteiger partial charge in [0, 0.05) is 18.2 Å². The normalized spacial score (nSPS) is 13.1. The zero-order valence-electron chi connectivity index (χ0n) is 12.7. The Bertz CT molecular complexity index is 404. The molecule has 1 aromatic carbocycles. The molecule has 1 atom stereocenters. The SMILES string of the molecule is CCNC(C)CC(=O)Nc1ccc(C(C)(C)C)cc1. The molecule has 0 aliphatic carbocycles. The van der Waals surface area contributed by atoms with Crippen LogP contribution in [0.4, 0.5) is 5.69 Å². The predicted molar refractivity (Wildman–Crippen MR) is 81.5 cm³/mol. The molecule has 19 heavy (non-hydrogen) atoms. The van der Waals surface area contributed by atoms with Gasteiger partial charge in [0.25, 0.3) is 0 Å². The van der Waals surface area contributed by atoms with Gasteiger partial charge in [0.1, 0.15) is 0 Å². The summed E-state index contributed by atoms with van der Waals surface area (Å²) in [7, 11) is 0. The van der Waals surface area contributed by atoms with Gasteiger partial charge >= 0.3 is 0 Å². The van der Waals surface area contributed by atoms with E-state index in [0.717, 1.165) is 12.2 Å². The largest absolute Gasteiger partial charge is 0.326 e. The number of benzene rings is 1. The average molecular weight is 262 g/mol. The van der Waals surface area contributed by atoms with Crippen molar-refractivity contribution in [2.45, 2.75) is 52.5 Å². The molecule has 0 aromatic heterocycles. The van der Waals surface area contributed by atoms with Crippen LogP contribution in [-0.2, 0) is 10.2 Å². The summed E-state index contributed by atoms with van der Waals surface area (Å²) >= 11 is 0. The van der Waals surface area contributed by atoms with E-state index in [-0.39, 0.29) is 17.4 Å². The second kappa shape index (κ2) is 6.71. The molecule has 0 bridgehead atoms.